The van der Waals surface area contributed by atoms with Crippen LogP contribution in [0.5, 0.6) is 0 Å². The summed E-state index contributed by atoms with van der Waals surface area (Å²) in [6.45, 7) is 4.78. The molecule has 0 aliphatic heterocycles. The molecule has 4 aliphatic rings. The Bertz CT molecular complexity index is 1120. The molecule has 0 aromatic heterocycles. The summed E-state index contributed by atoms with van der Waals surface area (Å²) in [4.78, 5) is 26.5. The van der Waals surface area contributed by atoms with Crippen LogP contribution >= 0.6 is 17.2 Å². The lowest BCUT2D eigenvalue weighted by atomic mass is 9.58. The molecule has 0 radical (unpaired) electrons. The molecule has 0 heterocycles. The van der Waals surface area contributed by atoms with Gasteiger partial charge in [-0.15, -0.1) is 17.2 Å². The molecular weight excluding hydrogens is 474 g/mol. The Morgan fingerprint density at radius 2 is 1.46 bits per heavy atom. The Balaban J connectivity index is 1.37. The minimum Gasteiger partial charge on any atom is -0.455 e. The van der Waals surface area contributed by atoms with Crippen molar-refractivity contribution in [2.75, 3.05) is 13.3 Å². The summed E-state index contributed by atoms with van der Waals surface area (Å²) in [6, 6.07) is 18.4. The lowest BCUT2D eigenvalue weighted by molar-refractivity contribution is -0.115. The summed E-state index contributed by atoms with van der Waals surface area (Å²) in [5.41, 5.74) is 1.32. The molecule has 0 N–H and O–H groups in total. The van der Waals surface area contributed by atoms with Gasteiger partial charge in [0.15, 0.2) is 0 Å². The summed E-state index contributed by atoms with van der Waals surface area (Å²) in [5, 5.41) is 0.733. The second-order valence-electron chi connectivity index (χ2n) is 11.0. The molecule has 9 atom stereocenters. The molecule has 0 spiro atoms. The van der Waals surface area contributed by atoms with Gasteiger partial charge in [0.05, 0.1) is 11.1 Å². The monoisotopic (exact) mass is 508 g/mol. The number of hydrogen-bond acceptors (Lipinski definition) is 4. The van der Waals surface area contributed by atoms with Crippen LogP contribution in [0, 0.1) is 17.3 Å². The van der Waals surface area contributed by atoms with Crippen LogP contribution < -0.4 is 0 Å². The predicted octanol–water partition coefficient (Wildman–Crippen LogP) is 6.15. The number of esters is 2. The van der Waals surface area contributed by atoms with Crippen LogP contribution in [0.25, 0.3) is 0 Å². The second-order valence-corrected chi connectivity index (χ2v) is 14.0. The number of carbonyl (C=O) groups excluding carboxylic acids is 2. The molecule has 0 amide bonds. The van der Waals surface area contributed by atoms with E-state index in [0.717, 1.165) is 30.0 Å². The Morgan fingerprint density at radius 1 is 0.829 bits per heavy atom. The minimum atomic E-state index is -0.399. The van der Waals surface area contributed by atoms with Gasteiger partial charge in [-0.25, -0.2) is 9.59 Å². The van der Waals surface area contributed by atoms with E-state index >= 15 is 0 Å². The van der Waals surface area contributed by atoms with Crippen molar-refractivity contribution in [3.63, 3.8) is 0 Å². The van der Waals surface area contributed by atoms with Gasteiger partial charge in [-0.1, -0.05) is 36.4 Å². The minimum absolute atomic E-state index is 0.212. The Kier molecular flexibility index (Phi) is 5.85. The van der Waals surface area contributed by atoms with Crippen LogP contribution in [0.4, 0.5) is 0 Å². The van der Waals surface area contributed by atoms with Gasteiger partial charge >= 0.3 is 11.9 Å². The van der Waals surface area contributed by atoms with Gasteiger partial charge < -0.3 is 9.47 Å². The maximum Gasteiger partial charge on any atom is 0.338 e. The smallest absolute Gasteiger partial charge is 0.338 e. The van der Waals surface area contributed by atoms with Gasteiger partial charge in [-0.3, -0.25) is 0 Å². The first-order valence-corrected chi connectivity index (χ1v) is 15.9. The fraction of sp³-hybridized carbons (Fsp3) is 0.517. The highest BCUT2D eigenvalue weighted by molar-refractivity contribution is 7.41. The third-order valence-corrected chi connectivity index (χ3v) is 13.6. The van der Waals surface area contributed by atoms with Crippen molar-refractivity contribution >= 4 is 29.1 Å². The van der Waals surface area contributed by atoms with Gasteiger partial charge in [0.2, 0.25) is 0 Å². The van der Waals surface area contributed by atoms with Crippen molar-refractivity contribution in [2.45, 2.75) is 61.0 Å². The average molecular weight is 509 g/mol. The highest BCUT2D eigenvalue weighted by Crippen LogP contribution is 2.82. The van der Waals surface area contributed by atoms with E-state index in [1.54, 1.807) is 24.3 Å². The Labute approximate surface area is 211 Å². The molecule has 4 nitrogen and oxygen atoms in total. The molecule has 4 fully saturated rings. The van der Waals surface area contributed by atoms with Crippen molar-refractivity contribution in [3.8, 4) is 0 Å². The SMILES string of the molecule is CPC12CCC(PC)(C1)C13CCC(C(OC(=O)c4ccccc4)C(OC(=O)c4ccccc4)C1)C23. The maximum atomic E-state index is 13.2. The fourth-order valence-electron chi connectivity index (χ4n) is 8.65. The average Bonchev–Trinajstić information content (AvgIpc) is 3.52. The zero-order valence-electron chi connectivity index (χ0n) is 20.5. The van der Waals surface area contributed by atoms with Crippen molar-refractivity contribution in [1.29, 1.82) is 0 Å². The molecule has 6 heteroatoms. The number of ether oxygens (including phenoxy) is 2. The van der Waals surface area contributed by atoms with Crippen molar-refractivity contribution in [3.05, 3.63) is 71.8 Å². The number of benzene rings is 2. The molecule has 6 rings (SSSR count). The first-order valence-electron chi connectivity index (χ1n) is 12.9. The fourth-order valence-corrected chi connectivity index (χ4v) is 12.2. The van der Waals surface area contributed by atoms with E-state index in [0.29, 0.717) is 27.4 Å². The summed E-state index contributed by atoms with van der Waals surface area (Å²) in [7, 11) is 1.81. The standard InChI is InChI=1S/C29H34O4P2/c1-34-28-15-16-29(18-28,35-2)27-14-13-21(24(27)28)23(33-26(31)20-11-7-4-8-12-20)22(17-27)32-25(30)19-9-5-3-6-10-19/h3-12,21-24,34-35H,13-18H2,1-2H3. The topological polar surface area (TPSA) is 52.6 Å². The normalized spacial score (nSPS) is 39.4. The quantitative estimate of drug-likeness (QED) is 0.347. The van der Waals surface area contributed by atoms with E-state index in [-0.39, 0.29) is 29.4 Å². The van der Waals surface area contributed by atoms with Crippen LogP contribution in [0.1, 0.15) is 59.2 Å². The van der Waals surface area contributed by atoms with Gasteiger partial charge in [0, 0.05) is 5.92 Å². The predicted molar refractivity (Wildman–Crippen MR) is 142 cm³/mol. The third-order valence-electron chi connectivity index (χ3n) is 9.96. The van der Waals surface area contributed by atoms with Crippen LogP contribution in [-0.4, -0.2) is 47.8 Å². The molecule has 0 saturated heterocycles. The second kappa shape index (κ2) is 8.67. The van der Waals surface area contributed by atoms with E-state index in [2.05, 4.69) is 13.3 Å². The molecule has 4 saturated carbocycles. The largest absolute Gasteiger partial charge is 0.455 e. The van der Waals surface area contributed by atoms with Crippen molar-refractivity contribution in [2.24, 2.45) is 17.3 Å². The lowest BCUT2D eigenvalue weighted by Crippen LogP contribution is -2.58. The van der Waals surface area contributed by atoms with E-state index in [1.807, 2.05) is 36.4 Å². The highest BCUT2D eigenvalue weighted by Gasteiger charge is 2.78. The summed E-state index contributed by atoms with van der Waals surface area (Å²) in [6.07, 6.45) is 6.20. The summed E-state index contributed by atoms with van der Waals surface area (Å²) in [5.74, 6) is 0.212. The highest BCUT2D eigenvalue weighted by atomic mass is 31.1. The van der Waals surface area contributed by atoms with Gasteiger partial charge in [-0.05, 0) is 97.8 Å². The third kappa shape index (κ3) is 3.39. The lowest BCUT2D eigenvalue weighted by Gasteiger charge is -2.56. The molecule has 35 heavy (non-hydrogen) atoms. The molecule has 2 aromatic rings. The van der Waals surface area contributed by atoms with E-state index < -0.39 is 6.10 Å². The number of rotatable bonds is 6. The molecule has 9 unspecified atom stereocenters. The molecule has 184 valence electrons. The summed E-state index contributed by atoms with van der Waals surface area (Å²) >= 11 is 0. The van der Waals surface area contributed by atoms with E-state index in [9.17, 15) is 9.59 Å². The zero-order valence-corrected chi connectivity index (χ0v) is 22.5. The first-order chi connectivity index (χ1) is 17.0. The van der Waals surface area contributed by atoms with Gasteiger partial charge in [0.25, 0.3) is 0 Å². The van der Waals surface area contributed by atoms with E-state index in [1.165, 1.54) is 25.7 Å². The van der Waals surface area contributed by atoms with Crippen LogP contribution in [0.15, 0.2) is 60.7 Å². The molecule has 2 aromatic carbocycles. The van der Waals surface area contributed by atoms with Crippen LogP contribution in [0.3, 0.4) is 0 Å². The van der Waals surface area contributed by atoms with Crippen LogP contribution in [0.2, 0.25) is 0 Å². The molecular formula is C29H34O4P2. The Hall–Kier alpha value is -1.76. The number of carbonyl (C=O) groups is 2. The van der Waals surface area contributed by atoms with Gasteiger partial charge in [-0.2, -0.15) is 0 Å². The summed E-state index contributed by atoms with van der Waals surface area (Å²) < 4.78 is 12.6. The van der Waals surface area contributed by atoms with E-state index in [4.69, 9.17) is 9.47 Å². The maximum absolute atomic E-state index is 13.2. The zero-order chi connectivity index (χ0) is 24.3. The molecule has 4 bridgehead atoms. The van der Waals surface area contributed by atoms with Gasteiger partial charge in [0.1, 0.15) is 12.2 Å². The van der Waals surface area contributed by atoms with Crippen LogP contribution in [-0.2, 0) is 9.47 Å². The van der Waals surface area contributed by atoms with Crippen molar-refractivity contribution in [1.82, 2.24) is 0 Å². The first kappa shape index (κ1) is 23.6. The van der Waals surface area contributed by atoms with Crippen molar-refractivity contribution < 1.29 is 19.1 Å². The Morgan fingerprint density at radius 3 is 2.06 bits per heavy atom. The number of hydrogen-bond donors (Lipinski definition) is 0. The molecule has 4 aliphatic carbocycles. The number of fused-ring (bicyclic) bond motifs is 2.